The van der Waals surface area contributed by atoms with Crippen molar-refractivity contribution in [2.24, 2.45) is 0 Å². The number of hydrogen-bond donors (Lipinski definition) is 3. The highest BCUT2D eigenvalue weighted by atomic mass is 32.3. The van der Waals surface area contributed by atoms with E-state index in [4.69, 9.17) is 5.11 Å². The van der Waals surface area contributed by atoms with Gasteiger partial charge in [0.05, 0.1) is 5.75 Å². The summed E-state index contributed by atoms with van der Waals surface area (Å²) in [7, 11) is -2.54. The summed E-state index contributed by atoms with van der Waals surface area (Å²) in [4.78, 5) is 10.2. The third kappa shape index (κ3) is 3.15. The number of nitrogens with zero attached hydrogens (tertiary/aromatic N) is 1. The zero-order valence-electron chi connectivity index (χ0n) is 7.35. The Morgan fingerprint density at radius 3 is 2.62 bits per heavy atom. The number of carboxylic acids is 1. The van der Waals surface area contributed by atoms with E-state index in [1.165, 1.54) is 0 Å². The van der Waals surface area contributed by atoms with Gasteiger partial charge in [-0.1, -0.05) is 0 Å². The maximum absolute atomic E-state index is 10.2. The molecule has 3 N–H and O–H groups in total. The van der Waals surface area contributed by atoms with E-state index in [9.17, 15) is 13.9 Å². The lowest BCUT2D eigenvalue weighted by Gasteiger charge is -2.36. The van der Waals surface area contributed by atoms with E-state index in [-0.39, 0.29) is 6.42 Å². The Kier molecular flexibility index (Phi) is 3.55. The quantitative estimate of drug-likeness (QED) is 0.648. The molecule has 0 aliphatic carbocycles. The Bertz CT molecular complexity index is 197. The molecule has 1 fully saturated rings. The molecule has 0 aromatic carbocycles. The predicted octanol–water partition coefficient (Wildman–Crippen LogP) is 1.22. The Hall–Kier alpha value is -0.300. The van der Waals surface area contributed by atoms with Crippen LogP contribution in [-0.2, 0) is 4.79 Å². The molecule has 0 spiro atoms. The minimum atomic E-state index is -2.54. The maximum atomic E-state index is 10.2. The zero-order valence-corrected chi connectivity index (χ0v) is 8.16. The fourth-order valence-corrected chi connectivity index (χ4v) is 2.99. The molecule has 0 amide bonds. The Morgan fingerprint density at radius 1 is 1.46 bits per heavy atom. The van der Waals surface area contributed by atoms with E-state index >= 15 is 0 Å². The third-order valence-electron chi connectivity index (χ3n) is 2.04. The van der Waals surface area contributed by atoms with E-state index in [0.717, 1.165) is 6.42 Å². The highest BCUT2D eigenvalue weighted by Gasteiger charge is 2.27. The first kappa shape index (κ1) is 10.8. The molecule has 0 aromatic rings. The summed E-state index contributed by atoms with van der Waals surface area (Å²) in [6.45, 7) is 1.14. The van der Waals surface area contributed by atoms with Crippen molar-refractivity contribution in [2.45, 2.75) is 19.3 Å². The van der Waals surface area contributed by atoms with Crippen LogP contribution in [0.25, 0.3) is 0 Å². The summed E-state index contributed by atoms with van der Waals surface area (Å²) in [5, 5.41) is 8.38. The monoisotopic (exact) mass is 209 g/mol. The van der Waals surface area contributed by atoms with Crippen molar-refractivity contribution in [3.8, 4) is 0 Å². The van der Waals surface area contributed by atoms with Gasteiger partial charge >= 0.3 is 5.97 Å². The van der Waals surface area contributed by atoms with Crippen molar-refractivity contribution in [1.82, 2.24) is 4.31 Å². The second-order valence-electron chi connectivity index (χ2n) is 3.12. The minimum absolute atomic E-state index is 0.0893. The van der Waals surface area contributed by atoms with Crippen LogP contribution in [0.3, 0.4) is 0 Å². The van der Waals surface area contributed by atoms with Crippen LogP contribution in [0.4, 0.5) is 0 Å². The summed E-state index contributed by atoms with van der Waals surface area (Å²) in [5.74, 6) is -0.407. The first-order chi connectivity index (χ1) is 6.02. The van der Waals surface area contributed by atoms with Crippen molar-refractivity contribution in [3.63, 3.8) is 0 Å². The first-order valence-electron chi connectivity index (χ1n) is 4.25. The molecular weight excluding hydrogens is 194 g/mol. The van der Waals surface area contributed by atoms with Gasteiger partial charge < -0.3 is 5.11 Å². The standard InChI is InChI=1S/C7H15NO4S/c9-7(10)3-1-4-8-5-2-6-13(8,11)12/h11-12H,1-6H2,(H,9,10). The molecule has 78 valence electrons. The highest BCUT2D eigenvalue weighted by molar-refractivity contribution is 8.22. The van der Waals surface area contributed by atoms with Crippen LogP contribution in [0.1, 0.15) is 19.3 Å². The molecule has 0 atom stereocenters. The van der Waals surface area contributed by atoms with Crippen molar-refractivity contribution < 1.29 is 19.0 Å². The van der Waals surface area contributed by atoms with E-state index in [1.54, 1.807) is 4.31 Å². The molecule has 0 unspecified atom stereocenters. The predicted molar refractivity (Wildman–Crippen MR) is 50.8 cm³/mol. The van der Waals surface area contributed by atoms with Gasteiger partial charge in [-0.25, -0.2) is 4.31 Å². The van der Waals surface area contributed by atoms with Gasteiger partial charge in [-0.3, -0.25) is 13.9 Å². The van der Waals surface area contributed by atoms with Crippen LogP contribution in [0.2, 0.25) is 0 Å². The van der Waals surface area contributed by atoms with E-state index in [2.05, 4.69) is 0 Å². The van der Waals surface area contributed by atoms with Crippen molar-refractivity contribution in [3.05, 3.63) is 0 Å². The summed E-state index contributed by atoms with van der Waals surface area (Å²) in [6.07, 6.45) is 1.35. The van der Waals surface area contributed by atoms with Gasteiger partial charge in [0, 0.05) is 19.5 Å². The van der Waals surface area contributed by atoms with Crippen LogP contribution in [-0.4, -0.2) is 43.3 Å². The molecule has 1 saturated heterocycles. The van der Waals surface area contributed by atoms with Crippen LogP contribution >= 0.6 is 10.8 Å². The second-order valence-corrected chi connectivity index (χ2v) is 5.31. The topological polar surface area (TPSA) is 81.0 Å². The molecule has 1 aliphatic rings. The summed E-state index contributed by atoms with van der Waals surface area (Å²) < 4.78 is 20.5. The molecule has 0 aromatic heterocycles. The van der Waals surface area contributed by atoms with Gasteiger partial charge in [0.15, 0.2) is 0 Å². The molecular formula is C7H15NO4S. The zero-order chi connectivity index (χ0) is 9.90. The second kappa shape index (κ2) is 4.28. The van der Waals surface area contributed by atoms with Gasteiger partial charge in [0.2, 0.25) is 0 Å². The molecule has 0 bridgehead atoms. The number of carbonyl (C=O) groups is 1. The molecule has 1 rings (SSSR count). The van der Waals surface area contributed by atoms with Crippen molar-refractivity contribution in [2.75, 3.05) is 18.8 Å². The van der Waals surface area contributed by atoms with Crippen LogP contribution < -0.4 is 0 Å². The SMILES string of the molecule is O=C(O)CCCN1CCCS1(O)O. The van der Waals surface area contributed by atoms with Crippen molar-refractivity contribution in [1.29, 1.82) is 0 Å². The molecule has 6 heteroatoms. The van der Waals surface area contributed by atoms with E-state index in [1.807, 2.05) is 0 Å². The van der Waals surface area contributed by atoms with Crippen molar-refractivity contribution >= 4 is 16.7 Å². The number of hydrogen-bond acceptors (Lipinski definition) is 4. The Labute approximate surface area is 78.8 Å². The molecule has 1 heterocycles. The normalized spacial score (nSPS) is 24.5. The van der Waals surface area contributed by atoms with E-state index in [0.29, 0.717) is 25.3 Å². The summed E-state index contributed by atoms with van der Waals surface area (Å²) >= 11 is 0. The lowest BCUT2D eigenvalue weighted by atomic mass is 10.3. The lowest BCUT2D eigenvalue weighted by molar-refractivity contribution is -0.137. The molecule has 0 radical (unpaired) electrons. The average Bonchev–Trinajstić information content (AvgIpc) is 2.30. The maximum Gasteiger partial charge on any atom is 0.303 e. The smallest absolute Gasteiger partial charge is 0.303 e. The fraction of sp³-hybridized carbons (Fsp3) is 0.857. The summed E-state index contributed by atoms with van der Waals surface area (Å²) in [6, 6.07) is 0. The Morgan fingerprint density at radius 2 is 2.15 bits per heavy atom. The third-order valence-corrected chi connectivity index (χ3v) is 4.07. The van der Waals surface area contributed by atoms with Crippen LogP contribution in [0.5, 0.6) is 0 Å². The molecule has 1 aliphatic heterocycles. The number of carboxylic acid groups (broad SMARTS) is 1. The van der Waals surface area contributed by atoms with Crippen LogP contribution in [0.15, 0.2) is 0 Å². The molecule has 5 nitrogen and oxygen atoms in total. The van der Waals surface area contributed by atoms with E-state index < -0.39 is 16.7 Å². The summed E-state index contributed by atoms with van der Waals surface area (Å²) in [5.41, 5.74) is 0. The Balaban J connectivity index is 2.25. The molecule has 13 heavy (non-hydrogen) atoms. The largest absolute Gasteiger partial charge is 0.481 e. The average molecular weight is 209 g/mol. The lowest BCUT2D eigenvalue weighted by Crippen LogP contribution is -2.24. The van der Waals surface area contributed by atoms with Gasteiger partial charge in [-0.05, 0) is 12.8 Å². The number of rotatable bonds is 4. The number of aliphatic carboxylic acids is 1. The minimum Gasteiger partial charge on any atom is -0.481 e. The van der Waals surface area contributed by atoms with Gasteiger partial charge in [0.25, 0.3) is 0 Å². The van der Waals surface area contributed by atoms with Crippen LogP contribution in [0, 0.1) is 0 Å². The molecule has 0 saturated carbocycles. The van der Waals surface area contributed by atoms with Gasteiger partial charge in [-0.2, -0.15) is 0 Å². The van der Waals surface area contributed by atoms with Gasteiger partial charge in [-0.15, -0.1) is 10.8 Å². The first-order valence-corrected chi connectivity index (χ1v) is 5.92. The highest BCUT2D eigenvalue weighted by Crippen LogP contribution is 2.48. The van der Waals surface area contributed by atoms with Gasteiger partial charge in [0.1, 0.15) is 0 Å². The fourth-order valence-electron chi connectivity index (χ4n) is 1.37.